The summed E-state index contributed by atoms with van der Waals surface area (Å²) in [7, 11) is -3.20. The van der Waals surface area contributed by atoms with Crippen molar-refractivity contribution in [2.45, 2.75) is 46.6 Å². The zero-order chi connectivity index (χ0) is 16.4. The van der Waals surface area contributed by atoms with Crippen molar-refractivity contribution in [1.82, 2.24) is 9.21 Å². The molecule has 0 aromatic carbocycles. The third kappa shape index (κ3) is 4.57. The van der Waals surface area contributed by atoms with Gasteiger partial charge in [0, 0.05) is 25.2 Å². The number of hydrogen-bond acceptors (Lipinski definition) is 3. The second-order valence-corrected chi connectivity index (χ2v) is 9.11. The molecule has 124 valence electrons. The van der Waals surface area contributed by atoms with Gasteiger partial charge in [-0.15, -0.1) is 0 Å². The first-order valence-electron chi connectivity index (χ1n) is 7.47. The SMILES string of the molecule is CCS(=O)(=O)N1CCC(C)C(CN(C(=O)O)C(C)(C)C)C1. The van der Waals surface area contributed by atoms with Crippen molar-refractivity contribution in [2.75, 3.05) is 25.4 Å². The molecular formula is C14H28N2O4S. The Bertz CT molecular complexity index is 470. The minimum Gasteiger partial charge on any atom is -0.465 e. The summed E-state index contributed by atoms with van der Waals surface area (Å²) in [6.07, 6.45) is -0.174. The summed E-state index contributed by atoms with van der Waals surface area (Å²) in [4.78, 5) is 12.9. The van der Waals surface area contributed by atoms with Gasteiger partial charge in [-0.3, -0.25) is 0 Å². The highest BCUT2D eigenvalue weighted by Gasteiger charge is 2.36. The quantitative estimate of drug-likeness (QED) is 0.860. The predicted molar refractivity (Wildman–Crippen MR) is 82.8 cm³/mol. The number of nitrogens with zero attached hydrogens (tertiary/aromatic N) is 2. The van der Waals surface area contributed by atoms with Gasteiger partial charge in [0.2, 0.25) is 10.0 Å². The molecule has 1 aliphatic heterocycles. The number of amides is 1. The number of rotatable bonds is 4. The molecular weight excluding hydrogens is 292 g/mol. The summed E-state index contributed by atoms with van der Waals surface area (Å²) in [5.74, 6) is 0.448. The van der Waals surface area contributed by atoms with E-state index in [0.29, 0.717) is 25.6 Å². The van der Waals surface area contributed by atoms with Crippen molar-refractivity contribution in [3.8, 4) is 0 Å². The van der Waals surface area contributed by atoms with Crippen LogP contribution in [-0.4, -0.2) is 59.7 Å². The van der Waals surface area contributed by atoms with Crippen LogP contribution in [0, 0.1) is 11.8 Å². The van der Waals surface area contributed by atoms with Crippen LogP contribution in [0.5, 0.6) is 0 Å². The smallest absolute Gasteiger partial charge is 0.407 e. The highest BCUT2D eigenvalue weighted by atomic mass is 32.2. The number of carbonyl (C=O) groups is 1. The molecule has 0 spiro atoms. The molecule has 0 aliphatic carbocycles. The second-order valence-electron chi connectivity index (χ2n) is 6.85. The summed E-state index contributed by atoms with van der Waals surface area (Å²) in [5, 5.41) is 9.39. The van der Waals surface area contributed by atoms with E-state index in [1.54, 1.807) is 6.92 Å². The maximum absolute atomic E-state index is 12.0. The molecule has 2 unspecified atom stereocenters. The standard InChI is InChI=1S/C14H28N2O4S/c1-6-21(19,20)15-8-7-11(2)12(9-15)10-16(13(17)18)14(3,4)5/h11-12H,6-10H2,1-5H3,(H,17,18). The molecule has 6 nitrogen and oxygen atoms in total. The molecule has 7 heteroatoms. The van der Waals surface area contributed by atoms with Crippen molar-refractivity contribution in [3.05, 3.63) is 0 Å². The maximum Gasteiger partial charge on any atom is 0.407 e. The van der Waals surface area contributed by atoms with Crippen molar-refractivity contribution in [1.29, 1.82) is 0 Å². The summed E-state index contributed by atoms with van der Waals surface area (Å²) in [5.41, 5.74) is -0.489. The summed E-state index contributed by atoms with van der Waals surface area (Å²) >= 11 is 0. The lowest BCUT2D eigenvalue weighted by atomic mass is 9.87. The van der Waals surface area contributed by atoms with Crippen LogP contribution < -0.4 is 0 Å². The van der Waals surface area contributed by atoms with E-state index in [1.165, 1.54) is 9.21 Å². The molecule has 2 atom stereocenters. The normalized spacial score (nSPS) is 24.8. The van der Waals surface area contributed by atoms with E-state index in [0.717, 1.165) is 6.42 Å². The fourth-order valence-electron chi connectivity index (χ4n) is 2.66. The van der Waals surface area contributed by atoms with Gasteiger partial charge in [-0.1, -0.05) is 6.92 Å². The molecule has 1 amide bonds. The Morgan fingerprint density at radius 1 is 1.38 bits per heavy atom. The van der Waals surface area contributed by atoms with Gasteiger partial charge in [-0.2, -0.15) is 0 Å². The van der Waals surface area contributed by atoms with Crippen LogP contribution in [0.4, 0.5) is 4.79 Å². The first-order valence-corrected chi connectivity index (χ1v) is 9.08. The topological polar surface area (TPSA) is 77.9 Å². The van der Waals surface area contributed by atoms with Gasteiger partial charge in [0.15, 0.2) is 0 Å². The lowest BCUT2D eigenvalue weighted by Crippen LogP contribution is -2.52. The Kier molecular flexibility index (Phi) is 5.66. The molecule has 21 heavy (non-hydrogen) atoms. The van der Waals surface area contributed by atoms with Gasteiger partial charge in [0.05, 0.1) is 5.75 Å². The van der Waals surface area contributed by atoms with Crippen LogP contribution >= 0.6 is 0 Å². The number of carboxylic acid groups (broad SMARTS) is 1. The van der Waals surface area contributed by atoms with E-state index in [-0.39, 0.29) is 11.7 Å². The summed E-state index contributed by atoms with van der Waals surface area (Å²) in [6.45, 7) is 10.6. The van der Waals surface area contributed by atoms with Crippen molar-refractivity contribution >= 4 is 16.1 Å². The van der Waals surface area contributed by atoms with Crippen LogP contribution in [0.1, 0.15) is 41.0 Å². The predicted octanol–water partition coefficient (Wildman–Crippen LogP) is 2.07. The first-order chi connectivity index (χ1) is 9.49. The van der Waals surface area contributed by atoms with Crippen molar-refractivity contribution in [2.24, 2.45) is 11.8 Å². The van der Waals surface area contributed by atoms with Crippen LogP contribution in [0.15, 0.2) is 0 Å². The largest absolute Gasteiger partial charge is 0.465 e. The lowest BCUT2D eigenvalue weighted by molar-refractivity contribution is 0.0675. The highest BCUT2D eigenvalue weighted by Crippen LogP contribution is 2.28. The molecule has 0 radical (unpaired) electrons. The second kappa shape index (κ2) is 6.52. The molecule has 1 heterocycles. The molecule has 1 rings (SSSR count). The number of sulfonamides is 1. The Labute approximate surface area is 128 Å². The zero-order valence-electron chi connectivity index (χ0n) is 13.7. The van der Waals surface area contributed by atoms with Gasteiger partial charge in [-0.25, -0.2) is 17.5 Å². The third-order valence-corrected chi connectivity index (χ3v) is 6.14. The van der Waals surface area contributed by atoms with Crippen LogP contribution in [0.25, 0.3) is 0 Å². The first kappa shape index (κ1) is 18.2. The fourth-order valence-corrected chi connectivity index (χ4v) is 3.83. The average Bonchev–Trinajstić information content (AvgIpc) is 2.35. The van der Waals surface area contributed by atoms with E-state index >= 15 is 0 Å². The lowest BCUT2D eigenvalue weighted by Gasteiger charge is -2.41. The van der Waals surface area contributed by atoms with E-state index in [9.17, 15) is 18.3 Å². The Balaban J connectivity index is 2.87. The van der Waals surface area contributed by atoms with E-state index in [4.69, 9.17) is 0 Å². The molecule has 1 N–H and O–H groups in total. The van der Waals surface area contributed by atoms with Crippen molar-refractivity contribution < 1.29 is 18.3 Å². The average molecular weight is 320 g/mol. The fraction of sp³-hybridized carbons (Fsp3) is 0.929. The molecule has 0 saturated carbocycles. The summed E-state index contributed by atoms with van der Waals surface area (Å²) in [6, 6.07) is 0. The molecule has 1 fully saturated rings. The molecule has 1 aliphatic rings. The van der Waals surface area contributed by atoms with Gasteiger partial charge in [-0.05, 0) is 46.0 Å². The zero-order valence-corrected chi connectivity index (χ0v) is 14.5. The summed E-state index contributed by atoms with van der Waals surface area (Å²) < 4.78 is 25.6. The minimum atomic E-state index is -3.20. The Morgan fingerprint density at radius 2 is 1.95 bits per heavy atom. The monoisotopic (exact) mass is 320 g/mol. The number of hydrogen-bond donors (Lipinski definition) is 1. The van der Waals surface area contributed by atoms with Gasteiger partial charge < -0.3 is 10.0 Å². The third-order valence-electron chi connectivity index (χ3n) is 4.29. The van der Waals surface area contributed by atoms with E-state index in [2.05, 4.69) is 6.92 Å². The van der Waals surface area contributed by atoms with Crippen LogP contribution in [0.2, 0.25) is 0 Å². The Morgan fingerprint density at radius 3 is 2.38 bits per heavy atom. The molecule has 0 bridgehead atoms. The molecule has 0 aromatic rings. The molecule has 1 saturated heterocycles. The number of piperidine rings is 1. The Hall–Kier alpha value is -0.820. The van der Waals surface area contributed by atoms with Gasteiger partial charge in [0.25, 0.3) is 0 Å². The maximum atomic E-state index is 12.0. The minimum absolute atomic E-state index is 0.0374. The van der Waals surface area contributed by atoms with E-state index in [1.807, 2.05) is 20.8 Å². The van der Waals surface area contributed by atoms with Gasteiger partial charge >= 0.3 is 6.09 Å². The van der Waals surface area contributed by atoms with Crippen LogP contribution in [0.3, 0.4) is 0 Å². The van der Waals surface area contributed by atoms with Gasteiger partial charge in [0.1, 0.15) is 0 Å². The van der Waals surface area contributed by atoms with E-state index < -0.39 is 21.7 Å². The molecule has 0 aromatic heterocycles. The van der Waals surface area contributed by atoms with Crippen LogP contribution in [-0.2, 0) is 10.0 Å². The highest BCUT2D eigenvalue weighted by molar-refractivity contribution is 7.89. The van der Waals surface area contributed by atoms with Crippen molar-refractivity contribution in [3.63, 3.8) is 0 Å².